The number of para-hydroxylation sites is 1. The molecule has 36 heavy (non-hydrogen) atoms. The zero-order valence-electron chi connectivity index (χ0n) is 20.0. The first-order valence-electron chi connectivity index (χ1n) is 11.5. The summed E-state index contributed by atoms with van der Waals surface area (Å²) >= 11 is 5.88. The van der Waals surface area contributed by atoms with Crippen LogP contribution in [0.25, 0.3) is 5.69 Å². The van der Waals surface area contributed by atoms with Crippen molar-refractivity contribution in [3.05, 3.63) is 76.2 Å². The summed E-state index contributed by atoms with van der Waals surface area (Å²) in [6, 6.07) is 12.9. The Morgan fingerprint density at radius 2 is 1.97 bits per heavy atom. The molecule has 0 spiro atoms. The summed E-state index contributed by atoms with van der Waals surface area (Å²) in [5.41, 5.74) is 7.51. The Morgan fingerprint density at radius 3 is 2.64 bits per heavy atom. The summed E-state index contributed by atoms with van der Waals surface area (Å²) < 4.78 is 20.9. The van der Waals surface area contributed by atoms with E-state index < -0.39 is 17.8 Å². The number of rotatable bonds is 8. The molecule has 9 nitrogen and oxygen atoms in total. The lowest BCUT2D eigenvalue weighted by atomic mass is 9.94. The van der Waals surface area contributed by atoms with Crippen molar-refractivity contribution in [2.75, 3.05) is 38.7 Å². The smallest absolute Gasteiger partial charge is 0.320 e. The van der Waals surface area contributed by atoms with Crippen LogP contribution in [0.15, 0.2) is 48.5 Å². The number of ether oxygens (including phenoxy) is 1. The van der Waals surface area contributed by atoms with E-state index in [4.69, 9.17) is 22.1 Å². The zero-order chi connectivity index (χ0) is 25.8. The molecule has 190 valence electrons. The average molecular weight is 515 g/mol. The van der Waals surface area contributed by atoms with Gasteiger partial charge in [-0.2, -0.15) is 5.10 Å². The number of carbonyl (C=O) groups excluding carboxylic acids is 2. The second-order valence-electron chi connectivity index (χ2n) is 8.66. The van der Waals surface area contributed by atoms with Crippen molar-refractivity contribution in [2.45, 2.75) is 18.9 Å². The minimum absolute atomic E-state index is 0.0405. The molecule has 1 saturated heterocycles. The number of nitrogens with one attached hydrogen (secondary N) is 2. The number of nitrogens with two attached hydrogens (primary N) is 1. The molecule has 0 bridgehead atoms. The number of primary amides is 1. The number of anilines is 1. The number of hydrogen-bond acceptors (Lipinski definition) is 5. The molecule has 0 aliphatic carbocycles. The number of amides is 3. The normalized spacial score (nSPS) is 17.8. The van der Waals surface area contributed by atoms with E-state index >= 15 is 0 Å². The molecule has 1 aliphatic heterocycles. The number of hydrogen-bond donors (Lipinski definition) is 3. The molecular formula is C25H28ClFN6O3. The third kappa shape index (κ3) is 5.51. The molecule has 3 aromatic rings. The molecule has 0 radical (unpaired) electrons. The Kier molecular flexibility index (Phi) is 7.88. The molecule has 4 rings (SSSR count). The highest BCUT2D eigenvalue weighted by Gasteiger charge is 2.35. The number of benzene rings is 2. The van der Waals surface area contributed by atoms with Crippen LogP contribution in [-0.4, -0.2) is 66.0 Å². The Balaban J connectivity index is 1.59. The summed E-state index contributed by atoms with van der Waals surface area (Å²) in [6.45, 7) is 3.97. The fraction of sp³-hybridized carbons (Fsp3) is 0.320. The third-order valence-electron chi connectivity index (χ3n) is 6.23. The predicted molar refractivity (Wildman–Crippen MR) is 135 cm³/mol. The molecule has 1 aliphatic rings. The van der Waals surface area contributed by atoms with E-state index in [0.717, 1.165) is 5.56 Å². The van der Waals surface area contributed by atoms with Crippen LogP contribution in [-0.2, 0) is 4.74 Å². The minimum Gasteiger partial charge on any atom is -0.383 e. The molecule has 1 fully saturated rings. The van der Waals surface area contributed by atoms with Crippen molar-refractivity contribution < 1.29 is 18.7 Å². The maximum atomic E-state index is 14.2. The summed E-state index contributed by atoms with van der Waals surface area (Å²) in [5, 5.41) is 10.2. The molecule has 2 atom stereocenters. The number of urea groups is 1. The quantitative estimate of drug-likeness (QED) is 0.426. The van der Waals surface area contributed by atoms with E-state index in [0.29, 0.717) is 37.6 Å². The molecule has 1 unspecified atom stereocenters. The van der Waals surface area contributed by atoms with Crippen molar-refractivity contribution in [1.82, 2.24) is 20.0 Å². The maximum Gasteiger partial charge on any atom is 0.320 e. The first-order valence-corrected chi connectivity index (χ1v) is 11.8. The molecule has 4 N–H and O–H groups in total. The van der Waals surface area contributed by atoms with E-state index in [-0.39, 0.29) is 28.4 Å². The number of aromatic nitrogens is 2. The van der Waals surface area contributed by atoms with E-state index in [1.54, 1.807) is 32.2 Å². The second kappa shape index (κ2) is 11.1. The van der Waals surface area contributed by atoms with Gasteiger partial charge in [0.15, 0.2) is 5.82 Å². The number of nitrogens with zero attached hydrogens (tertiary/aromatic N) is 3. The van der Waals surface area contributed by atoms with Crippen LogP contribution in [0.4, 0.5) is 15.0 Å². The van der Waals surface area contributed by atoms with Gasteiger partial charge >= 0.3 is 6.03 Å². The number of aryl methyl sites for hydroxylation is 1. The van der Waals surface area contributed by atoms with Crippen LogP contribution in [0.5, 0.6) is 0 Å². The van der Waals surface area contributed by atoms with Crippen molar-refractivity contribution in [1.29, 1.82) is 0 Å². The fourth-order valence-corrected chi connectivity index (χ4v) is 4.64. The summed E-state index contributed by atoms with van der Waals surface area (Å²) in [7, 11) is 1.62. The highest BCUT2D eigenvalue weighted by atomic mass is 35.5. The van der Waals surface area contributed by atoms with Crippen LogP contribution in [0.2, 0.25) is 5.02 Å². The Morgan fingerprint density at radius 1 is 1.22 bits per heavy atom. The van der Waals surface area contributed by atoms with Crippen molar-refractivity contribution in [3.63, 3.8) is 0 Å². The van der Waals surface area contributed by atoms with Gasteiger partial charge in [-0.1, -0.05) is 35.9 Å². The SMILES string of the molecule is COCCN1CC(NC(=O)Nc2c(C(N)=O)c(C)nn2-c2ccccc2)[C@H](c2ccc(Cl)c(F)c2)C1. The molecule has 2 heterocycles. The monoisotopic (exact) mass is 514 g/mol. The Hall–Kier alpha value is -3.47. The Labute approximate surface area is 213 Å². The van der Waals surface area contributed by atoms with Gasteiger partial charge in [-0.3, -0.25) is 15.0 Å². The molecule has 1 aromatic heterocycles. The standard InChI is InChI=1S/C25H28ClFN6O3/c1-15-22(23(28)34)24(33(31-15)17-6-4-3-5-7-17)30-25(35)29-21-14-32(10-11-36-2)13-18(21)16-8-9-19(26)20(27)12-16/h3-9,12,18,21H,10-11,13-14H2,1-2H3,(H2,28,34)(H2,29,30,35)/t18-,21?/m0/s1. The van der Waals surface area contributed by atoms with Gasteiger partial charge in [-0.15, -0.1) is 0 Å². The lowest BCUT2D eigenvalue weighted by Gasteiger charge is -2.21. The average Bonchev–Trinajstić information content (AvgIpc) is 3.40. The molecule has 2 aromatic carbocycles. The van der Waals surface area contributed by atoms with Crippen LogP contribution in [0.1, 0.15) is 27.5 Å². The van der Waals surface area contributed by atoms with Gasteiger partial charge in [0.1, 0.15) is 11.4 Å². The first kappa shape index (κ1) is 25.6. The molecule has 11 heteroatoms. The van der Waals surface area contributed by atoms with Crippen molar-refractivity contribution >= 4 is 29.4 Å². The van der Waals surface area contributed by atoms with E-state index in [1.807, 2.05) is 18.2 Å². The zero-order valence-corrected chi connectivity index (χ0v) is 20.8. The van der Waals surface area contributed by atoms with Gasteiger partial charge in [0.25, 0.3) is 5.91 Å². The lowest BCUT2D eigenvalue weighted by molar-refractivity contribution is 0.100. The number of methoxy groups -OCH3 is 1. The van der Waals surface area contributed by atoms with Crippen LogP contribution >= 0.6 is 11.6 Å². The van der Waals surface area contributed by atoms with Gasteiger partial charge in [0.05, 0.1) is 29.1 Å². The van der Waals surface area contributed by atoms with Crippen molar-refractivity contribution in [3.8, 4) is 5.69 Å². The predicted octanol–water partition coefficient (Wildman–Crippen LogP) is 3.31. The summed E-state index contributed by atoms with van der Waals surface area (Å²) in [5.74, 6) is -1.23. The van der Waals surface area contributed by atoms with E-state index in [9.17, 15) is 14.0 Å². The molecule has 0 saturated carbocycles. The van der Waals surface area contributed by atoms with E-state index in [2.05, 4.69) is 20.6 Å². The Bertz CT molecular complexity index is 1250. The minimum atomic E-state index is -0.703. The largest absolute Gasteiger partial charge is 0.383 e. The second-order valence-corrected chi connectivity index (χ2v) is 9.07. The highest BCUT2D eigenvalue weighted by molar-refractivity contribution is 6.30. The van der Waals surface area contributed by atoms with Crippen LogP contribution in [0.3, 0.4) is 0 Å². The van der Waals surface area contributed by atoms with Gasteiger partial charge < -0.3 is 15.8 Å². The molecule has 3 amide bonds. The molecular weight excluding hydrogens is 487 g/mol. The number of likely N-dealkylation sites (tertiary alicyclic amines) is 1. The summed E-state index contributed by atoms with van der Waals surface area (Å²) in [4.78, 5) is 27.5. The van der Waals surface area contributed by atoms with Gasteiger partial charge in [-0.05, 0) is 36.8 Å². The third-order valence-corrected chi connectivity index (χ3v) is 6.54. The highest BCUT2D eigenvalue weighted by Crippen LogP contribution is 2.30. The van der Waals surface area contributed by atoms with Crippen LogP contribution < -0.4 is 16.4 Å². The number of halogens is 2. The van der Waals surface area contributed by atoms with Crippen molar-refractivity contribution in [2.24, 2.45) is 5.73 Å². The number of carbonyl (C=O) groups is 2. The maximum absolute atomic E-state index is 14.2. The first-order chi connectivity index (χ1) is 17.3. The fourth-order valence-electron chi connectivity index (χ4n) is 4.52. The van der Waals surface area contributed by atoms with Gasteiger partial charge in [0.2, 0.25) is 0 Å². The summed E-state index contributed by atoms with van der Waals surface area (Å²) in [6.07, 6.45) is 0. The van der Waals surface area contributed by atoms with E-state index in [1.165, 1.54) is 16.8 Å². The lowest BCUT2D eigenvalue weighted by Crippen LogP contribution is -2.43. The van der Waals surface area contributed by atoms with Crippen LogP contribution in [0, 0.1) is 12.7 Å². The topological polar surface area (TPSA) is 115 Å². The van der Waals surface area contributed by atoms with Gasteiger partial charge in [0, 0.05) is 32.7 Å². The van der Waals surface area contributed by atoms with Gasteiger partial charge in [-0.25, -0.2) is 13.9 Å².